The van der Waals surface area contributed by atoms with E-state index < -0.39 is 0 Å². The zero-order chi connectivity index (χ0) is 12.4. The molecule has 2 rings (SSSR count). The molecule has 1 aromatic carbocycles. The van der Waals surface area contributed by atoms with Crippen LogP contribution in [0.4, 0.5) is 0 Å². The van der Waals surface area contributed by atoms with Gasteiger partial charge in [0.1, 0.15) is 14.1 Å². The fraction of sp³-hybridized carbons (Fsp3) is 0.312. The zero-order valence-corrected chi connectivity index (χ0v) is 10.6. The summed E-state index contributed by atoms with van der Waals surface area (Å²) in [6.45, 7) is 1.95. The van der Waals surface area contributed by atoms with Crippen molar-refractivity contribution in [3.63, 3.8) is 0 Å². The average molecular weight is 244 g/mol. The van der Waals surface area contributed by atoms with Crippen LogP contribution in [-0.2, 0) is 0 Å². The summed E-state index contributed by atoms with van der Waals surface area (Å²) in [6, 6.07) is 6.07. The van der Waals surface area contributed by atoms with Crippen LogP contribution in [0.1, 0.15) is 26.3 Å². The van der Waals surface area contributed by atoms with E-state index in [2.05, 4.69) is 28.9 Å². The first kappa shape index (κ1) is 14.2. The van der Waals surface area contributed by atoms with E-state index in [-0.39, 0.29) is 7.43 Å². The summed E-state index contributed by atoms with van der Waals surface area (Å²) < 4.78 is 2.09. The largest absolute Gasteiger partial charge is 0.512 e. The average Bonchev–Trinajstić information content (AvgIpc) is 2.36. The highest BCUT2D eigenvalue weighted by atomic mass is 16.3. The van der Waals surface area contributed by atoms with E-state index in [0.717, 1.165) is 10.8 Å². The Bertz CT molecular complexity index is 617. The number of nitrogens with zero attached hydrogens (tertiary/aromatic N) is 1. The Labute approximate surface area is 109 Å². The Kier molecular flexibility index (Phi) is 4.49. The van der Waals surface area contributed by atoms with Crippen molar-refractivity contribution < 1.29 is 9.68 Å². The molecule has 0 bridgehead atoms. The maximum absolute atomic E-state index is 9.74. The minimum Gasteiger partial charge on any atom is -0.512 e. The van der Waals surface area contributed by atoms with Crippen LogP contribution < -0.4 is 10.4 Å². The summed E-state index contributed by atoms with van der Waals surface area (Å²) >= 11 is 0. The quantitative estimate of drug-likeness (QED) is 0.750. The van der Waals surface area contributed by atoms with E-state index in [4.69, 9.17) is 0 Å². The standard InChI is InChI=1S/C15H17NO.CH4/c1-4-15(17)13-6-5-12-10-14(16(2)3)8-7-11(12)9-13;/h5-10H,4H2,1-3H3;1H4/p+1. The minimum absolute atomic E-state index is 0. The Morgan fingerprint density at radius 2 is 1.94 bits per heavy atom. The SMILES string of the molecule is C.CC/C(O)=c1\ccc2c(c1)C=CC(=[N+](C)C)C=2. The first-order chi connectivity index (χ1) is 8.11. The third kappa shape index (κ3) is 2.70. The topological polar surface area (TPSA) is 23.2 Å². The lowest BCUT2D eigenvalue weighted by Crippen LogP contribution is -2.20. The summed E-state index contributed by atoms with van der Waals surface area (Å²) in [6.07, 6.45) is 7.01. The first-order valence-corrected chi connectivity index (χ1v) is 5.88. The highest BCUT2D eigenvalue weighted by molar-refractivity contribution is 6.17. The molecule has 1 aliphatic rings. The number of aliphatic hydroxyl groups is 1. The fourth-order valence-electron chi connectivity index (χ4n) is 1.89. The molecule has 0 fully saturated rings. The fourth-order valence-corrected chi connectivity index (χ4v) is 1.89. The van der Waals surface area contributed by atoms with Crippen LogP contribution in [0.3, 0.4) is 0 Å². The molecular weight excluding hydrogens is 222 g/mol. The number of fused-ring (bicyclic) bond motifs is 1. The van der Waals surface area contributed by atoms with Crippen molar-refractivity contribution in [2.24, 2.45) is 0 Å². The Morgan fingerprint density at radius 3 is 2.56 bits per heavy atom. The maximum Gasteiger partial charge on any atom is 0.200 e. The molecular formula is C16H22NO+. The Hall–Kier alpha value is -1.83. The lowest BCUT2D eigenvalue weighted by Gasteiger charge is -2.03. The molecule has 0 saturated carbocycles. The van der Waals surface area contributed by atoms with Gasteiger partial charge in [0.05, 0.1) is 5.76 Å². The van der Waals surface area contributed by atoms with Gasteiger partial charge >= 0.3 is 0 Å². The van der Waals surface area contributed by atoms with Crippen LogP contribution in [0.15, 0.2) is 24.3 Å². The van der Waals surface area contributed by atoms with Crippen molar-refractivity contribution in [3.8, 4) is 0 Å². The molecule has 0 atom stereocenters. The maximum atomic E-state index is 9.74. The van der Waals surface area contributed by atoms with Gasteiger partial charge in [0.25, 0.3) is 0 Å². The van der Waals surface area contributed by atoms with E-state index in [1.165, 1.54) is 10.9 Å². The van der Waals surface area contributed by atoms with Crippen molar-refractivity contribution in [3.05, 3.63) is 40.3 Å². The van der Waals surface area contributed by atoms with Crippen LogP contribution in [0, 0.1) is 0 Å². The smallest absolute Gasteiger partial charge is 0.200 e. The second-order valence-electron chi connectivity index (χ2n) is 4.44. The summed E-state index contributed by atoms with van der Waals surface area (Å²) in [7, 11) is 4.07. The summed E-state index contributed by atoms with van der Waals surface area (Å²) in [5.41, 5.74) is 2.35. The van der Waals surface area contributed by atoms with Gasteiger partial charge in [0.15, 0.2) is 5.71 Å². The number of rotatable bonds is 1. The van der Waals surface area contributed by atoms with Crippen LogP contribution in [-0.4, -0.2) is 29.5 Å². The molecule has 18 heavy (non-hydrogen) atoms. The normalized spacial score (nSPS) is 14.3. The molecule has 0 aliphatic heterocycles. The van der Waals surface area contributed by atoms with E-state index in [1.807, 2.05) is 33.2 Å². The van der Waals surface area contributed by atoms with Crippen molar-refractivity contribution in [2.45, 2.75) is 20.8 Å². The monoisotopic (exact) mass is 244 g/mol. The summed E-state index contributed by atoms with van der Waals surface area (Å²) in [5.74, 6) is 0.448. The minimum atomic E-state index is 0. The lowest BCUT2D eigenvalue weighted by atomic mass is 10.0. The van der Waals surface area contributed by atoms with Gasteiger partial charge < -0.3 is 5.11 Å². The third-order valence-corrected chi connectivity index (χ3v) is 3.01. The van der Waals surface area contributed by atoms with Gasteiger partial charge in [-0.1, -0.05) is 26.5 Å². The Balaban J connectivity index is 0.00000162. The third-order valence-electron chi connectivity index (χ3n) is 3.01. The number of hydrogen-bond acceptors (Lipinski definition) is 1. The van der Waals surface area contributed by atoms with Gasteiger partial charge in [-0.2, -0.15) is 0 Å². The van der Waals surface area contributed by atoms with Crippen molar-refractivity contribution in [1.82, 2.24) is 0 Å². The summed E-state index contributed by atoms with van der Waals surface area (Å²) in [4.78, 5) is 0. The van der Waals surface area contributed by atoms with Crippen molar-refractivity contribution in [2.75, 3.05) is 14.1 Å². The second kappa shape index (κ2) is 5.67. The van der Waals surface area contributed by atoms with Gasteiger partial charge in [-0.05, 0) is 22.9 Å². The first-order valence-electron chi connectivity index (χ1n) is 5.88. The number of hydrogen-bond donors (Lipinski definition) is 1. The highest BCUT2D eigenvalue weighted by Crippen LogP contribution is 2.01. The van der Waals surface area contributed by atoms with Gasteiger partial charge in [-0.3, -0.25) is 0 Å². The van der Waals surface area contributed by atoms with Gasteiger partial charge in [-0.25, -0.2) is 4.58 Å². The van der Waals surface area contributed by atoms with E-state index in [9.17, 15) is 5.11 Å². The van der Waals surface area contributed by atoms with E-state index in [0.29, 0.717) is 12.2 Å². The molecule has 2 heteroatoms. The predicted octanol–water partition coefficient (Wildman–Crippen LogP) is 1.92. The van der Waals surface area contributed by atoms with Gasteiger partial charge in [-0.15, -0.1) is 0 Å². The molecule has 1 aliphatic carbocycles. The molecule has 96 valence electrons. The lowest BCUT2D eigenvalue weighted by molar-refractivity contribution is -0.462. The van der Waals surface area contributed by atoms with Gasteiger partial charge in [0.2, 0.25) is 0 Å². The molecule has 0 spiro atoms. The number of aliphatic hydroxyl groups excluding tert-OH is 1. The molecule has 2 nitrogen and oxygen atoms in total. The van der Waals surface area contributed by atoms with E-state index >= 15 is 0 Å². The molecule has 0 unspecified atom stereocenters. The second-order valence-corrected chi connectivity index (χ2v) is 4.44. The molecule has 0 radical (unpaired) electrons. The number of benzene rings is 1. The summed E-state index contributed by atoms with van der Waals surface area (Å²) in [5, 5.41) is 11.9. The molecule has 1 aromatic rings. The molecule has 0 saturated heterocycles. The van der Waals surface area contributed by atoms with Crippen LogP contribution in [0.25, 0.3) is 17.9 Å². The van der Waals surface area contributed by atoms with Crippen LogP contribution in [0.5, 0.6) is 0 Å². The molecule has 0 heterocycles. The molecule has 1 N–H and O–H groups in total. The zero-order valence-electron chi connectivity index (χ0n) is 10.6. The highest BCUT2D eigenvalue weighted by Gasteiger charge is 2.06. The Morgan fingerprint density at radius 1 is 1.22 bits per heavy atom. The molecule has 0 aromatic heterocycles. The molecule has 0 amide bonds. The van der Waals surface area contributed by atoms with Crippen LogP contribution >= 0.6 is 0 Å². The predicted molar refractivity (Wildman–Crippen MR) is 79.4 cm³/mol. The number of allylic oxidation sites excluding steroid dienone is 1. The van der Waals surface area contributed by atoms with Crippen LogP contribution in [0.2, 0.25) is 0 Å². The van der Waals surface area contributed by atoms with E-state index in [1.54, 1.807) is 0 Å². The van der Waals surface area contributed by atoms with Gasteiger partial charge in [0, 0.05) is 23.8 Å². The van der Waals surface area contributed by atoms with Crippen molar-refractivity contribution in [1.29, 1.82) is 0 Å². The van der Waals surface area contributed by atoms with Crippen molar-refractivity contribution >= 4 is 23.6 Å².